The second-order valence-corrected chi connectivity index (χ2v) is 4.89. The lowest BCUT2D eigenvalue weighted by Gasteiger charge is -2.19. The minimum atomic E-state index is -0.416. The van der Waals surface area contributed by atoms with Crippen LogP contribution in [0.1, 0.15) is 6.92 Å². The minimum Gasteiger partial charge on any atom is -0.490 e. The summed E-state index contributed by atoms with van der Waals surface area (Å²) in [4.78, 5) is 13.1. The van der Waals surface area contributed by atoms with Crippen molar-refractivity contribution in [3.63, 3.8) is 0 Å². The highest BCUT2D eigenvalue weighted by Gasteiger charge is 2.34. The van der Waals surface area contributed by atoms with Crippen molar-refractivity contribution >= 4 is 17.7 Å². The molecule has 1 heterocycles. The molecule has 0 radical (unpaired) electrons. The highest BCUT2D eigenvalue weighted by atomic mass is 35.5. The van der Waals surface area contributed by atoms with Gasteiger partial charge in [0, 0.05) is 5.02 Å². The molecule has 2 atom stereocenters. The summed E-state index contributed by atoms with van der Waals surface area (Å²) >= 11 is 5.85. The highest BCUT2D eigenvalue weighted by molar-refractivity contribution is 6.30. The predicted octanol–water partition coefficient (Wildman–Crippen LogP) is 1.92. The Hall–Kier alpha value is -1.46. The van der Waals surface area contributed by atoms with Gasteiger partial charge in [-0.15, -0.1) is 0 Å². The number of aliphatic hydroxyl groups is 1. The van der Waals surface area contributed by atoms with E-state index in [9.17, 15) is 4.79 Å². The fraction of sp³-hybridized carbons (Fsp3) is 0.462. The first-order valence-corrected chi connectivity index (χ1v) is 6.44. The van der Waals surface area contributed by atoms with Crippen molar-refractivity contribution in [3.8, 4) is 5.75 Å². The number of cyclic esters (lactones) is 1. The average molecular weight is 286 g/mol. The second-order valence-electron chi connectivity index (χ2n) is 4.46. The third kappa shape index (κ3) is 3.52. The minimum absolute atomic E-state index is 0.0863. The summed E-state index contributed by atoms with van der Waals surface area (Å²) in [5, 5.41) is 9.64. The predicted molar refractivity (Wildman–Crippen MR) is 70.5 cm³/mol. The number of amides is 1. The van der Waals surface area contributed by atoms with E-state index in [0.29, 0.717) is 17.3 Å². The number of benzene rings is 1. The maximum atomic E-state index is 11.6. The zero-order valence-electron chi connectivity index (χ0n) is 10.6. The number of carbonyl (C=O) groups excluding carboxylic acids is 1. The number of halogens is 1. The monoisotopic (exact) mass is 285 g/mol. The van der Waals surface area contributed by atoms with Crippen LogP contribution in [0.2, 0.25) is 5.02 Å². The normalized spacial score (nSPS) is 20.3. The summed E-state index contributed by atoms with van der Waals surface area (Å²) < 4.78 is 10.7. The summed E-state index contributed by atoms with van der Waals surface area (Å²) in [6.45, 7) is 2.36. The second kappa shape index (κ2) is 6.12. The fourth-order valence-electron chi connectivity index (χ4n) is 1.83. The number of nitrogens with zero attached hydrogens (tertiary/aromatic N) is 1. The van der Waals surface area contributed by atoms with Gasteiger partial charge in [0.05, 0.1) is 19.2 Å². The van der Waals surface area contributed by atoms with Crippen molar-refractivity contribution in [2.75, 3.05) is 19.8 Å². The molecule has 0 aromatic heterocycles. The Bertz CT molecular complexity index is 454. The summed E-state index contributed by atoms with van der Waals surface area (Å²) in [7, 11) is 0. The van der Waals surface area contributed by atoms with Gasteiger partial charge in [0.15, 0.2) is 6.10 Å². The number of aliphatic hydroxyl groups excluding tert-OH is 1. The molecule has 1 aliphatic heterocycles. The molecule has 1 aliphatic rings. The van der Waals surface area contributed by atoms with Gasteiger partial charge in [-0.25, -0.2) is 4.79 Å². The van der Waals surface area contributed by atoms with E-state index in [1.807, 2.05) is 0 Å². The van der Waals surface area contributed by atoms with Crippen LogP contribution in [0.3, 0.4) is 0 Å². The van der Waals surface area contributed by atoms with E-state index in [1.165, 1.54) is 4.90 Å². The van der Waals surface area contributed by atoms with E-state index >= 15 is 0 Å². The molecule has 1 N–H and O–H groups in total. The van der Waals surface area contributed by atoms with E-state index in [4.69, 9.17) is 26.2 Å². The average Bonchev–Trinajstić information content (AvgIpc) is 2.77. The standard InChI is InChI=1S/C13H16ClNO4/c1-9(7-16)15-6-12(19-13(15)17)8-18-11-4-2-3-10(14)5-11/h2-5,9,12,16H,6-8H2,1H3/t9?,12-/m0/s1. The van der Waals surface area contributed by atoms with Crippen molar-refractivity contribution in [1.82, 2.24) is 4.90 Å². The Morgan fingerprint density at radius 2 is 2.42 bits per heavy atom. The molecule has 0 saturated carbocycles. The van der Waals surface area contributed by atoms with Crippen molar-refractivity contribution in [1.29, 1.82) is 0 Å². The maximum Gasteiger partial charge on any atom is 0.410 e. The van der Waals surface area contributed by atoms with Crippen LogP contribution in [0.15, 0.2) is 24.3 Å². The van der Waals surface area contributed by atoms with Crippen LogP contribution >= 0.6 is 11.6 Å². The van der Waals surface area contributed by atoms with Crippen LogP contribution in [0.25, 0.3) is 0 Å². The molecule has 5 nitrogen and oxygen atoms in total. The van der Waals surface area contributed by atoms with E-state index < -0.39 is 6.09 Å². The van der Waals surface area contributed by atoms with Crippen LogP contribution < -0.4 is 4.74 Å². The fourth-order valence-corrected chi connectivity index (χ4v) is 2.01. The Morgan fingerprint density at radius 1 is 1.63 bits per heavy atom. The molecule has 1 aromatic carbocycles. The largest absolute Gasteiger partial charge is 0.490 e. The topological polar surface area (TPSA) is 59.0 Å². The summed E-state index contributed by atoms with van der Waals surface area (Å²) in [6.07, 6.45) is -0.748. The molecule has 0 spiro atoms. The molecule has 1 unspecified atom stereocenters. The van der Waals surface area contributed by atoms with Gasteiger partial charge in [-0.2, -0.15) is 0 Å². The summed E-state index contributed by atoms with van der Waals surface area (Å²) in [6, 6.07) is 6.79. The summed E-state index contributed by atoms with van der Waals surface area (Å²) in [5.41, 5.74) is 0. The van der Waals surface area contributed by atoms with E-state index in [-0.39, 0.29) is 25.4 Å². The molecule has 1 saturated heterocycles. The first kappa shape index (κ1) is 14.0. The highest BCUT2D eigenvalue weighted by Crippen LogP contribution is 2.19. The van der Waals surface area contributed by atoms with Crippen LogP contribution in [0.5, 0.6) is 5.75 Å². The van der Waals surface area contributed by atoms with E-state index in [0.717, 1.165) is 0 Å². The molecular weight excluding hydrogens is 270 g/mol. The molecule has 6 heteroatoms. The molecule has 1 amide bonds. The van der Waals surface area contributed by atoms with Gasteiger partial charge < -0.3 is 14.6 Å². The number of carbonyl (C=O) groups is 1. The molecule has 1 aromatic rings. The van der Waals surface area contributed by atoms with E-state index in [1.54, 1.807) is 31.2 Å². The molecule has 0 bridgehead atoms. The van der Waals surface area contributed by atoms with Gasteiger partial charge in [-0.05, 0) is 25.1 Å². The lowest BCUT2D eigenvalue weighted by atomic mass is 10.3. The lowest BCUT2D eigenvalue weighted by Crippen LogP contribution is -2.37. The number of ether oxygens (including phenoxy) is 2. The zero-order chi connectivity index (χ0) is 13.8. The van der Waals surface area contributed by atoms with Crippen molar-refractivity contribution < 1.29 is 19.4 Å². The smallest absolute Gasteiger partial charge is 0.410 e. The Morgan fingerprint density at radius 3 is 3.11 bits per heavy atom. The third-order valence-corrected chi connectivity index (χ3v) is 3.17. The van der Waals surface area contributed by atoms with Crippen molar-refractivity contribution in [3.05, 3.63) is 29.3 Å². The molecular formula is C13H16ClNO4. The van der Waals surface area contributed by atoms with Crippen LogP contribution in [-0.4, -0.2) is 48.0 Å². The van der Waals surface area contributed by atoms with Gasteiger partial charge >= 0.3 is 6.09 Å². The van der Waals surface area contributed by atoms with Gasteiger partial charge in [0.25, 0.3) is 0 Å². The Labute approximate surface area is 116 Å². The first-order valence-electron chi connectivity index (χ1n) is 6.06. The van der Waals surface area contributed by atoms with Crippen molar-refractivity contribution in [2.45, 2.75) is 19.1 Å². The number of rotatable bonds is 5. The maximum absolute atomic E-state index is 11.6. The Kier molecular flexibility index (Phi) is 4.50. The first-order chi connectivity index (χ1) is 9.10. The zero-order valence-corrected chi connectivity index (χ0v) is 11.3. The molecule has 2 rings (SSSR count). The summed E-state index contributed by atoms with van der Waals surface area (Å²) in [5.74, 6) is 0.636. The van der Waals surface area contributed by atoms with Gasteiger partial charge in [0.2, 0.25) is 0 Å². The third-order valence-electron chi connectivity index (χ3n) is 2.93. The Balaban J connectivity index is 1.86. The lowest BCUT2D eigenvalue weighted by molar-refractivity contribution is 0.0997. The van der Waals surface area contributed by atoms with Crippen LogP contribution in [0, 0.1) is 0 Å². The number of hydrogen-bond donors (Lipinski definition) is 1. The molecule has 1 fully saturated rings. The quantitative estimate of drug-likeness (QED) is 0.898. The van der Waals surface area contributed by atoms with Crippen molar-refractivity contribution in [2.24, 2.45) is 0 Å². The van der Waals surface area contributed by atoms with Gasteiger partial charge in [0.1, 0.15) is 12.4 Å². The number of hydrogen-bond acceptors (Lipinski definition) is 4. The van der Waals surface area contributed by atoms with Crippen LogP contribution in [0.4, 0.5) is 4.79 Å². The SMILES string of the molecule is CC(CO)N1C[C@@H](COc2cccc(Cl)c2)OC1=O. The molecule has 19 heavy (non-hydrogen) atoms. The van der Waals surface area contributed by atoms with E-state index in [2.05, 4.69) is 0 Å². The molecule has 104 valence electrons. The van der Waals surface area contributed by atoms with Gasteiger partial charge in [-0.1, -0.05) is 17.7 Å². The molecule has 0 aliphatic carbocycles. The van der Waals surface area contributed by atoms with Crippen LogP contribution in [-0.2, 0) is 4.74 Å². The van der Waals surface area contributed by atoms with Gasteiger partial charge in [-0.3, -0.25) is 4.90 Å².